The zero-order chi connectivity index (χ0) is 11.3. The van der Waals surface area contributed by atoms with E-state index in [9.17, 15) is 0 Å². The van der Waals surface area contributed by atoms with E-state index in [0.29, 0.717) is 6.61 Å². The molecule has 0 aromatic carbocycles. The van der Waals surface area contributed by atoms with Gasteiger partial charge < -0.3 is 15.4 Å². The highest BCUT2D eigenvalue weighted by Crippen LogP contribution is 2.17. The minimum Gasteiger partial charge on any atom is -0.398 e. The van der Waals surface area contributed by atoms with Crippen LogP contribution in [0.2, 0.25) is 0 Å². The second-order valence-electron chi connectivity index (χ2n) is 3.47. The van der Waals surface area contributed by atoms with Gasteiger partial charge in [-0.3, -0.25) is 0 Å². The predicted octanol–water partition coefficient (Wildman–Crippen LogP) is 1.44. The molecule has 0 saturated heterocycles. The van der Waals surface area contributed by atoms with Gasteiger partial charge >= 0.3 is 0 Å². The standard InChI is InChI=1S/C11H19N3O/c1-4-14(5-6-15-3)11-7-10(12)9(2)8-13-11/h7-8H,4-6H2,1-3H3,(H2,12,13). The lowest BCUT2D eigenvalue weighted by Gasteiger charge is -2.21. The van der Waals surface area contributed by atoms with E-state index in [0.717, 1.165) is 30.2 Å². The van der Waals surface area contributed by atoms with Gasteiger partial charge in [-0.15, -0.1) is 0 Å². The van der Waals surface area contributed by atoms with Gasteiger partial charge in [0.25, 0.3) is 0 Å². The van der Waals surface area contributed by atoms with Crippen LogP contribution in [0.25, 0.3) is 0 Å². The monoisotopic (exact) mass is 209 g/mol. The van der Waals surface area contributed by atoms with E-state index in [1.807, 2.05) is 13.0 Å². The van der Waals surface area contributed by atoms with E-state index in [1.54, 1.807) is 13.3 Å². The molecule has 0 radical (unpaired) electrons. The molecular weight excluding hydrogens is 190 g/mol. The zero-order valence-corrected chi connectivity index (χ0v) is 9.66. The summed E-state index contributed by atoms with van der Waals surface area (Å²) in [6.07, 6.45) is 1.81. The maximum atomic E-state index is 5.84. The normalized spacial score (nSPS) is 10.3. The molecule has 0 amide bonds. The van der Waals surface area contributed by atoms with E-state index in [1.165, 1.54) is 0 Å². The van der Waals surface area contributed by atoms with Crippen LogP contribution in [0.5, 0.6) is 0 Å². The first-order valence-electron chi connectivity index (χ1n) is 5.15. The molecule has 0 aliphatic heterocycles. The summed E-state index contributed by atoms with van der Waals surface area (Å²) >= 11 is 0. The Morgan fingerprint density at radius 2 is 2.27 bits per heavy atom. The van der Waals surface area contributed by atoms with Crippen molar-refractivity contribution in [3.63, 3.8) is 0 Å². The molecule has 1 aromatic rings. The highest BCUT2D eigenvalue weighted by Gasteiger charge is 2.06. The largest absolute Gasteiger partial charge is 0.398 e. The van der Waals surface area contributed by atoms with Crippen molar-refractivity contribution in [3.05, 3.63) is 17.8 Å². The van der Waals surface area contributed by atoms with Crippen molar-refractivity contribution in [1.29, 1.82) is 0 Å². The summed E-state index contributed by atoms with van der Waals surface area (Å²) < 4.78 is 5.05. The summed E-state index contributed by atoms with van der Waals surface area (Å²) in [5.74, 6) is 0.914. The van der Waals surface area contributed by atoms with Crippen LogP contribution < -0.4 is 10.6 Å². The van der Waals surface area contributed by atoms with Crippen LogP contribution in [0.15, 0.2) is 12.3 Å². The number of nitrogens with zero attached hydrogens (tertiary/aromatic N) is 2. The Bertz CT molecular complexity index is 315. The van der Waals surface area contributed by atoms with Crippen molar-refractivity contribution in [1.82, 2.24) is 4.98 Å². The second kappa shape index (κ2) is 5.56. The Kier molecular flexibility index (Phi) is 4.37. The third-order valence-electron chi connectivity index (χ3n) is 2.40. The topological polar surface area (TPSA) is 51.4 Å². The number of methoxy groups -OCH3 is 1. The molecule has 84 valence electrons. The number of rotatable bonds is 5. The van der Waals surface area contributed by atoms with E-state index < -0.39 is 0 Å². The van der Waals surface area contributed by atoms with Crippen LogP contribution in [0.1, 0.15) is 12.5 Å². The van der Waals surface area contributed by atoms with Gasteiger partial charge in [0.15, 0.2) is 0 Å². The minimum absolute atomic E-state index is 0.698. The third-order valence-corrected chi connectivity index (χ3v) is 2.40. The zero-order valence-electron chi connectivity index (χ0n) is 9.66. The number of ether oxygens (including phenoxy) is 1. The first-order chi connectivity index (χ1) is 7.19. The molecular formula is C11H19N3O. The maximum Gasteiger partial charge on any atom is 0.130 e. The molecule has 0 bridgehead atoms. The van der Waals surface area contributed by atoms with Crippen LogP contribution >= 0.6 is 0 Å². The summed E-state index contributed by atoms with van der Waals surface area (Å²) in [7, 11) is 1.70. The number of anilines is 2. The van der Waals surface area contributed by atoms with Gasteiger partial charge in [-0.25, -0.2) is 4.98 Å². The molecule has 2 N–H and O–H groups in total. The molecule has 0 atom stereocenters. The van der Waals surface area contributed by atoms with E-state index in [-0.39, 0.29) is 0 Å². The lowest BCUT2D eigenvalue weighted by atomic mass is 10.2. The van der Waals surface area contributed by atoms with Gasteiger partial charge in [-0.05, 0) is 19.4 Å². The molecule has 0 aliphatic carbocycles. The lowest BCUT2D eigenvalue weighted by Crippen LogP contribution is -2.27. The van der Waals surface area contributed by atoms with Crippen LogP contribution in [0.3, 0.4) is 0 Å². The Labute approximate surface area is 91.1 Å². The smallest absolute Gasteiger partial charge is 0.130 e. The predicted molar refractivity (Wildman–Crippen MR) is 63.1 cm³/mol. The first kappa shape index (κ1) is 11.8. The van der Waals surface area contributed by atoms with Gasteiger partial charge in [0.05, 0.1) is 6.61 Å². The molecule has 0 saturated carbocycles. The average molecular weight is 209 g/mol. The Hall–Kier alpha value is -1.29. The molecule has 1 heterocycles. The fourth-order valence-corrected chi connectivity index (χ4v) is 1.34. The summed E-state index contributed by atoms with van der Waals surface area (Å²) in [4.78, 5) is 6.49. The van der Waals surface area contributed by atoms with Gasteiger partial charge in [-0.2, -0.15) is 0 Å². The van der Waals surface area contributed by atoms with Crippen molar-refractivity contribution >= 4 is 11.5 Å². The third kappa shape index (κ3) is 3.09. The molecule has 4 nitrogen and oxygen atoms in total. The molecule has 0 fully saturated rings. The number of likely N-dealkylation sites (N-methyl/N-ethyl adjacent to an activating group) is 1. The number of nitrogens with two attached hydrogens (primary N) is 1. The van der Waals surface area contributed by atoms with E-state index in [2.05, 4.69) is 16.8 Å². The SMILES string of the molecule is CCN(CCOC)c1cc(N)c(C)cn1. The minimum atomic E-state index is 0.698. The summed E-state index contributed by atoms with van der Waals surface area (Å²) in [6, 6.07) is 1.91. The Morgan fingerprint density at radius 1 is 1.53 bits per heavy atom. The van der Waals surface area contributed by atoms with Crippen molar-refractivity contribution in [2.45, 2.75) is 13.8 Å². The summed E-state index contributed by atoms with van der Waals surface area (Å²) in [6.45, 7) is 6.48. The van der Waals surface area contributed by atoms with Crippen LogP contribution in [0, 0.1) is 6.92 Å². The van der Waals surface area contributed by atoms with Gasteiger partial charge in [-0.1, -0.05) is 0 Å². The van der Waals surface area contributed by atoms with Gasteiger partial charge in [0.1, 0.15) is 5.82 Å². The number of aromatic nitrogens is 1. The Balaban J connectivity index is 2.78. The average Bonchev–Trinajstić information content (AvgIpc) is 2.24. The second-order valence-corrected chi connectivity index (χ2v) is 3.47. The maximum absolute atomic E-state index is 5.84. The molecule has 0 spiro atoms. The van der Waals surface area contributed by atoms with Crippen LogP contribution in [-0.4, -0.2) is 31.8 Å². The molecule has 4 heteroatoms. The van der Waals surface area contributed by atoms with Crippen LogP contribution in [-0.2, 0) is 4.74 Å². The molecule has 15 heavy (non-hydrogen) atoms. The van der Waals surface area contributed by atoms with E-state index in [4.69, 9.17) is 10.5 Å². The molecule has 0 aliphatic rings. The fourth-order valence-electron chi connectivity index (χ4n) is 1.34. The highest BCUT2D eigenvalue weighted by molar-refractivity contribution is 5.54. The number of pyridine rings is 1. The first-order valence-corrected chi connectivity index (χ1v) is 5.15. The summed E-state index contributed by atoms with van der Waals surface area (Å²) in [5, 5.41) is 0. The fraction of sp³-hybridized carbons (Fsp3) is 0.545. The van der Waals surface area contributed by atoms with Gasteiger partial charge in [0.2, 0.25) is 0 Å². The number of nitrogen functional groups attached to an aromatic ring is 1. The Morgan fingerprint density at radius 3 is 2.80 bits per heavy atom. The highest BCUT2D eigenvalue weighted by atomic mass is 16.5. The molecule has 1 rings (SSSR count). The number of hydrogen-bond donors (Lipinski definition) is 1. The lowest BCUT2D eigenvalue weighted by molar-refractivity contribution is 0.205. The molecule has 1 aromatic heterocycles. The van der Waals surface area contributed by atoms with Crippen molar-refractivity contribution in [3.8, 4) is 0 Å². The van der Waals surface area contributed by atoms with Crippen LogP contribution in [0.4, 0.5) is 11.5 Å². The molecule has 0 unspecified atom stereocenters. The number of hydrogen-bond acceptors (Lipinski definition) is 4. The quantitative estimate of drug-likeness (QED) is 0.797. The summed E-state index contributed by atoms with van der Waals surface area (Å²) in [5.41, 5.74) is 7.65. The van der Waals surface area contributed by atoms with Gasteiger partial charge in [0, 0.05) is 38.1 Å². The number of aryl methyl sites for hydroxylation is 1. The van der Waals surface area contributed by atoms with Crippen molar-refractivity contribution in [2.75, 3.05) is 37.4 Å². The van der Waals surface area contributed by atoms with Crippen molar-refractivity contribution in [2.24, 2.45) is 0 Å². The van der Waals surface area contributed by atoms with Crippen molar-refractivity contribution < 1.29 is 4.74 Å². The van der Waals surface area contributed by atoms with E-state index >= 15 is 0 Å².